The Morgan fingerprint density at radius 3 is 2.50 bits per heavy atom. The third kappa shape index (κ3) is 5.27. The monoisotopic (exact) mass is 333 g/mol. The molecule has 0 aliphatic heterocycles. The Morgan fingerprint density at radius 1 is 1.31 bits per heavy atom. The molecule has 0 heterocycles. The summed E-state index contributed by atoms with van der Waals surface area (Å²) in [7, 11) is 0. The summed E-state index contributed by atoms with van der Waals surface area (Å²) in [6, 6.07) is 8.33. The van der Waals surface area contributed by atoms with Crippen molar-refractivity contribution in [2.75, 3.05) is 13.1 Å². The van der Waals surface area contributed by atoms with Crippen LogP contribution in [0.25, 0.3) is 0 Å². The first-order valence-electron chi connectivity index (χ1n) is 5.71. The second-order valence-corrected chi connectivity index (χ2v) is 5.65. The minimum Gasteiger partial charge on any atom is -0.390 e. The van der Waals surface area contributed by atoms with Gasteiger partial charge in [-0.05, 0) is 66.7 Å². The van der Waals surface area contributed by atoms with Gasteiger partial charge in [0.1, 0.15) is 0 Å². The Balaban J connectivity index is 2.48. The largest absolute Gasteiger partial charge is 0.390 e. The van der Waals surface area contributed by atoms with Crippen LogP contribution in [0.5, 0.6) is 0 Å². The molecule has 0 bridgehead atoms. The molecule has 0 aromatic heterocycles. The van der Waals surface area contributed by atoms with E-state index >= 15 is 0 Å². The molecule has 90 valence electrons. The molecule has 0 fully saturated rings. The van der Waals surface area contributed by atoms with Crippen LogP contribution in [-0.4, -0.2) is 23.8 Å². The van der Waals surface area contributed by atoms with Gasteiger partial charge in [-0.3, -0.25) is 0 Å². The fourth-order valence-electron chi connectivity index (χ4n) is 1.66. The number of benzene rings is 1. The summed E-state index contributed by atoms with van der Waals surface area (Å²) in [5, 5.41) is 13.5. The number of hydrogen-bond donors (Lipinski definition) is 2. The average Bonchev–Trinajstić information content (AvgIpc) is 2.21. The minimum atomic E-state index is -0.616. The van der Waals surface area contributed by atoms with Gasteiger partial charge in [-0.15, -0.1) is 0 Å². The molecule has 1 atom stereocenters. The molecular formula is C13H20INO. The Hall–Kier alpha value is -0.130. The molecule has 2 nitrogen and oxygen atoms in total. The number of rotatable bonds is 6. The number of aliphatic hydroxyl groups is 1. The molecule has 3 heteroatoms. The highest BCUT2D eigenvalue weighted by molar-refractivity contribution is 14.1. The minimum absolute atomic E-state index is 0.616. The Bertz CT molecular complexity index is 308. The molecule has 0 radical (unpaired) electrons. The van der Waals surface area contributed by atoms with Crippen LogP contribution in [0.3, 0.4) is 0 Å². The van der Waals surface area contributed by atoms with Gasteiger partial charge in [0.2, 0.25) is 0 Å². The first-order chi connectivity index (χ1) is 7.53. The molecule has 0 spiro atoms. The summed E-state index contributed by atoms with van der Waals surface area (Å²) in [5.41, 5.74) is 0.580. The van der Waals surface area contributed by atoms with E-state index in [1.54, 1.807) is 0 Å². The molecule has 0 aliphatic carbocycles. The van der Waals surface area contributed by atoms with Gasteiger partial charge in [-0.2, -0.15) is 0 Å². The zero-order valence-corrected chi connectivity index (χ0v) is 12.1. The molecule has 0 saturated carbocycles. The van der Waals surface area contributed by atoms with Crippen LogP contribution in [0.2, 0.25) is 0 Å². The maximum absolute atomic E-state index is 10.2. The van der Waals surface area contributed by atoms with Crippen molar-refractivity contribution in [3.63, 3.8) is 0 Å². The lowest BCUT2D eigenvalue weighted by Crippen LogP contribution is -2.32. The van der Waals surface area contributed by atoms with Gasteiger partial charge in [0, 0.05) is 9.99 Å². The molecule has 0 saturated heterocycles. The average molecular weight is 333 g/mol. The molecule has 0 aliphatic rings. The second-order valence-electron chi connectivity index (χ2n) is 4.40. The summed E-state index contributed by atoms with van der Waals surface area (Å²) in [6.45, 7) is 5.81. The molecule has 1 rings (SSSR count). The molecule has 1 aromatic carbocycles. The molecule has 1 aromatic rings. The molecule has 0 amide bonds. The number of nitrogens with one attached hydrogen (secondary N) is 1. The van der Waals surface area contributed by atoms with E-state index < -0.39 is 5.60 Å². The van der Waals surface area contributed by atoms with Gasteiger partial charge < -0.3 is 10.4 Å². The number of halogens is 1. The van der Waals surface area contributed by atoms with E-state index in [1.165, 1.54) is 9.13 Å². The zero-order valence-electron chi connectivity index (χ0n) is 9.96. The summed E-state index contributed by atoms with van der Waals surface area (Å²) in [6.07, 6.45) is 1.50. The molecule has 16 heavy (non-hydrogen) atoms. The smallest absolute Gasteiger partial charge is 0.0672 e. The highest BCUT2D eigenvalue weighted by Crippen LogP contribution is 2.17. The summed E-state index contributed by atoms with van der Waals surface area (Å²) in [4.78, 5) is 0. The van der Waals surface area contributed by atoms with Gasteiger partial charge in [0.05, 0.1) is 5.60 Å². The van der Waals surface area contributed by atoms with Crippen molar-refractivity contribution in [2.24, 2.45) is 0 Å². The molecule has 1 unspecified atom stereocenters. The predicted molar refractivity (Wildman–Crippen MR) is 76.6 cm³/mol. The van der Waals surface area contributed by atoms with Crippen LogP contribution < -0.4 is 5.32 Å². The SMILES string of the molecule is CCNCCC(C)(O)Cc1ccc(I)cc1. The lowest BCUT2D eigenvalue weighted by Gasteiger charge is -2.23. The highest BCUT2D eigenvalue weighted by Gasteiger charge is 2.19. The van der Waals surface area contributed by atoms with E-state index in [1.807, 2.05) is 6.92 Å². The normalized spacial score (nSPS) is 14.8. The topological polar surface area (TPSA) is 32.3 Å². The van der Waals surface area contributed by atoms with Crippen LogP contribution in [-0.2, 0) is 6.42 Å². The van der Waals surface area contributed by atoms with E-state index in [2.05, 4.69) is 59.1 Å². The van der Waals surface area contributed by atoms with Crippen LogP contribution in [0, 0.1) is 3.57 Å². The van der Waals surface area contributed by atoms with E-state index in [4.69, 9.17) is 0 Å². The van der Waals surface area contributed by atoms with Gasteiger partial charge in [0.15, 0.2) is 0 Å². The summed E-state index contributed by atoms with van der Waals surface area (Å²) >= 11 is 2.29. The van der Waals surface area contributed by atoms with Crippen molar-refractivity contribution in [3.05, 3.63) is 33.4 Å². The Kier molecular flexibility index (Phi) is 5.72. The first kappa shape index (κ1) is 13.9. The highest BCUT2D eigenvalue weighted by atomic mass is 127. The lowest BCUT2D eigenvalue weighted by atomic mass is 9.93. The fourth-order valence-corrected chi connectivity index (χ4v) is 2.02. The van der Waals surface area contributed by atoms with Crippen molar-refractivity contribution in [1.82, 2.24) is 5.32 Å². The summed E-state index contributed by atoms with van der Waals surface area (Å²) in [5.74, 6) is 0. The van der Waals surface area contributed by atoms with Gasteiger partial charge in [-0.25, -0.2) is 0 Å². The van der Waals surface area contributed by atoms with Crippen molar-refractivity contribution in [1.29, 1.82) is 0 Å². The van der Waals surface area contributed by atoms with E-state index in [9.17, 15) is 5.11 Å². The fraction of sp³-hybridized carbons (Fsp3) is 0.538. The van der Waals surface area contributed by atoms with Crippen molar-refractivity contribution in [2.45, 2.75) is 32.3 Å². The van der Waals surface area contributed by atoms with E-state index in [0.717, 1.165) is 25.9 Å². The lowest BCUT2D eigenvalue weighted by molar-refractivity contribution is 0.0517. The maximum atomic E-state index is 10.2. The van der Waals surface area contributed by atoms with Crippen LogP contribution in [0.4, 0.5) is 0 Å². The van der Waals surface area contributed by atoms with E-state index in [-0.39, 0.29) is 0 Å². The second kappa shape index (κ2) is 6.57. The van der Waals surface area contributed by atoms with Crippen molar-refractivity contribution in [3.8, 4) is 0 Å². The maximum Gasteiger partial charge on any atom is 0.0672 e. The van der Waals surface area contributed by atoms with Crippen LogP contribution in [0.15, 0.2) is 24.3 Å². The summed E-state index contributed by atoms with van der Waals surface area (Å²) < 4.78 is 1.23. The van der Waals surface area contributed by atoms with E-state index in [0.29, 0.717) is 0 Å². The van der Waals surface area contributed by atoms with Gasteiger partial charge in [-0.1, -0.05) is 19.1 Å². The zero-order chi connectivity index (χ0) is 12.0. The standard InChI is InChI=1S/C13H20INO/c1-3-15-9-8-13(2,16)10-11-4-6-12(14)7-5-11/h4-7,15-16H,3,8-10H2,1-2H3. The first-order valence-corrected chi connectivity index (χ1v) is 6.79. The Morgan fingerprint density at radius 2 is 1.94 bits per heavy atom. The quantitative estimate of drug-likeness (QED) is 0.620. The van der Waals surface area contributed by atoms with Crippen LogP contribution >= 0.6 is 22.6 Å². The molecule has 2 N–H and O–H groups in total. The third-order valence-electron chi connectivity index (χ3n) is 2.59. The van der Waals surface area contributed by atoms with Crippen LogP contribution in [0.1, 0.15) is 25.8 Å². The predicted octanol–water partition coefficient (Wildman–Crippen LogP) is 2.58. The van der Waals surface area contributed by atoms with Gasteiger partial charge >= 0.3 is 0 Å². The van der Waals surface area contributed by atoms with Gasteiger partial charge in [0.25, 0.3) is 0 Å². The van der Waals surface area contributed by atoms with Crippen molar-refractivity contribution >= 4 is 22.6 Å². The van der Waals surface area contributed by atoms with Crippen molar-refractivity contribution < 1.29 is 5.11 Å². The number of hydrogen-bond acceptors (Lipinski definition) is 2. The third-order valence-corrected chi connectivity index (χ3v) is 3.31. The Labute approximate surface area is 112 Å². The molecular weight excluding hydrogens is 313 g/mol.